The molecule has 1 unspecified atom stereocenters. The van der Waals surface area contributed by atoms with Crippen LogP contribution in [0.15, 0.2) is 66.9 Å². The van der Waals surface area contributed by atoms with Crippen LogP contribution < -0.4 is 4.90 Å². The van der Waals surface area contributed by atoms with Gasteiger partial charge in [0.05, 0.1) is 6.54 Å². The van der Waals surface area contributed by atoms with Crippen molar-refractivity contribution in [3.05, 3.63) is 72.6 Å². The monoisotopic (exact) mass is 360 g/mol. The first kappa shape index (κ1) is 18.9. The van der Waals surface area contributed by atoms with E-state index in [0.29, 0.717) is 25.2 Å². The first-order chi connectivity index (χ1) is 13.1. The smallest absolute Gasteiger partial charge is 0.190 e. The lowest BCUT2D eigenvalue weighted by Crippen LogP contribution is -2.27. The highest BCUT2D eigenvalue weighted by Gasteiger charge is 2.37. The standard InChI is InChI=1S/C21H17FN2.C3H8/c22-21(12-11-18-8-3-4-14-23-18)13-15-24(16-21)20-10-5-7-17-6-1-2-9-19(17)20;1-3-2/h1-10,14H,13,15-16H2;3H2,1-2H3. The number of fused-ring (bicyclic) bond motifs is 1. The van der Waals surface area contributed by atoms with Crippen molar-refractivity contribution in [1.29, 1.82) is 0 Å². The predicted octanol–water partition coefficient (Wildman–Crippen LogP) is 5.62. The topological polar surface area (TPSA) is 16.1 Å². The molecule has 0 aliphatic carbocycles. The summed E-state index contributed by atoms with van der Waals surface area (Å²) < 4.78 is 15.1. The maximum Gasteiger partial charge on any atom is 0.190 e. The van der Waals surface area contributed by atoms with E-state index in [1.54, 1.807) is 12.3 Å². The van der Waals surface area contributed by atoms with Gasteiger partial charge in [0.25, 0.3) is 0 Å². The number of alkyl halides is 1. The maximum atomic E-state index is 15.1. The van der Waals surface area contributed by atoms with Gasteiger partial charge in [-0.25, -0.2) is 9.37 Å². The normalized spacial score (nSPS) is 18.4. The van der Waals surface area contributed by atoms with E-state index >= 15 is 4.39 Å². The quantitative estimate of drug-likeness (QED) is 0.524. The number of aromatic nitrogens is 1. The Morgan fingerprint density at radius 2 is 1.78 bits per heavy atom. The molecule has 2 nitrogen and oxygen atoms in total. The van der Waals surface area contributed by atoms with Gasteiger partial charge in [0.1, 0.15) is 5.69 Å². The summed E-state index contributed by atoms with van der Waals surface area (Å²) in [5.41, 5.74) is 0.194. The largest absolute Gasteiger partial charge is 0.367 e. The third-order valence-electron chi connectivity index (χ3n) is 4.41. The third-order valence-corrected chi connectivity index (χ3v) is 4.41. The molecule has 0 amide bonds. The number of rotatable bonds is 1. The molecule has 1 aromatic heterocycles. The zero-order valence-electron chi connectivity index (χ0n) is 16.0. The molecule has 3 aromatic rings. The molecular weight excluding hydrogens is 335 g/mol. The van der Waals surface area contributed by atoms with Crippen LogP contribution in [0.2, 0.25) is 0 Å². The molecule has 0 spiro atoms. The van der Waals surface area contributed by atoms with Crippen LogP contribution in [0.3, 0.4) is 0 Å². The van der Waals surface area contributed by atoms with Crippen LogP contribution in [-0.2, 0) is 0 Å². The van der Waals surface area contributed by atoms with Crippen LogP contribution in [0.1, 0.15) is 32.4 Å². The number of benzene rings is 2. The zero-order valence-corrected chi connectivity index (χ0v) is 16.0. The van der Waals surface area contributed by atoms with Crippen molar-refractivity contribution in [3.63, 3.8) is 0 Å². The summed E-state index contributed by atoms with van der Waals surface area (Å²) in [5, 5.41) is 2.33. The van der Waals surface area contributed by atoms with E-state index in [9.17, 15) is 0 Å². The van der Waals surface area contributed by atoms with Crippen molar-refractivity contribution in [2.45, 2.75) is 32.4 Å². The number of hydrogen-bond donors (Lipinski definition) is 0. The number of halogens is 1. The second kappa shape index (κ2) is 8.68. The summed E-state index contributed by atoms with van der Waals surface area (Å²) in [4.78, 5) is 6.23. The minimum atomic E-state index is -1.49. The van der Waals surface area contributed by atoms with E-state index in [1.807, 2.05) is 30.3 Å². The Kier molecular flexibility index (Phi) is 6.08. The summed E-state index contributed by atoms with van der Waals surface area (Å²) >= 11 is 0. The van der Waals surface area contributed by atoms with Gasteiger partial charge in [-0.05, 0) is 29.5 Å². The second-order valence-electron chi connectivity index (χ2n) is 6.81. The van der Waals surface area contributed by atoms with Gasteiger partial charge < -0.3 is 4.90 Å². The Hall–Kier alpha value is -2.86. The molecule has 138 valence electrons. The minimum absolute atomic E-state index is 0.293. The molecule has 3 heteroatoms. The molecular formula is C24H25FN2. The fraction of sp³-hybridized carbons (Fsp3) is 0.292. The van der Waals surface area contributed by atoms with Crippen molar-refractivity contribution in [1.82, 2.24) is 4.98 Å². The second-order valence-corrected chi connectivity index (χ2v) is 6.81. The van der Waals surface area contributed by atoms with E-state index in [1.165, 1.54) is 11.8 Å². The molecule has 1 fully saturated rings. The van der Waals surface area contributed by atoms with Gasteiger partial charge in [0.15, 0.2) is 5.67 Å². The molecule has 0 saturated carbocycles. The Balaban J connectivity index is 0.000000659. The molecule has 2 aromatic carbocycles. The number of hydrogen-bond acceptors (Lipinski definition) is 2. The van der Waals surface area contributed by atoms with Gasteiger partial charge in [-0.1, -0.05) is 68.7 Å². The highest BCUT2D eigenvalue weighted by Crippen LogP contribution is 2.33. The highest BCUT2D eigenvalue weighted by molar-refractivity contribution is 5.94. The van der Waals surface area contributed by atoms with Crippen molar-refractivity contribution < 1.29 is 4.39 Å². The Bertz CT molecular complexity index is 937. The summed E-state index contributed by atoms with van der Waals surface area (Å²) in [6.45, 7) is 5.21. The Morgan fingerprint density at radius 1 is 1.04 bits per heavy atom. The third kappa shape index (κ3) is 4.65. The van der Waals surface area contributed by atoms with Crippen LogP contribution in [0.25, 0.3) is 10.8 Å². The number of pyridine rings is 1. The van der Waals surface area contributed by atoms with E-state index in [-0.39, 0.29) is 0 Å². The minimum Gasteiger partial charge on any atom is -0.367 e. The number of anilines is 1. The Morgan fingerprint density at radius 3 is 2.56 bits per heavy atom. The van der Waals surface area contributed by atoms with Gasteiger partial charge >= 0.3 is 0 Å². The molecule has 1 saturated heterocycles. The van der Waals surface area contributed by atoms with E-state index in [0.717, 1.165) is 11.1 Å². The summed E-state index contributed by atoms with van der Waals surface area (Å²) in [5.74, 6) is 5.67. The molecule has 0 N–H and O–H groups in total. The fourth-order valence-corrected chi connectivity index (χ4v) is 3.18. The molecule has 1 atom stereocenters. The highest BCUT2D eigenvalue weighted by atomic mass is 19.1. The molecule has 0 radical (unpaired) electrons. The number of nitrogens with zero attached hydrogens (tertiary/aromatic N) is 2. The lowest BCUT2D eigenvalue weighted by Gasteiger charge is -2.21. The Labute approximate surface area is 161 Å². The van der Waals surface area contributed by atoms with Gasteiger partial charge in [0.2, 0.25) is 0 Å². The van der Waals surface area contributed by atoms with Gasteiger partial charge in [0, 0.05) is 30.2 Å². The molecule has 1 aliphatic rings. The van der Waals surface area contributed by atoms with Crippen LogP contribution in [0, 0.1) is 11.8 Å². The molecule has 27 heavy (non-hydrogen) atoms. The molecule has 0 bridgehead atoms. The fourth-order valence-electron chi connectivity index (χ4n) is 3.18. The first-order valence-corrected chi connectivity index (χ1v) is 9.51. The SMILES string of the molecule is CCC.FC1(C#Cc2ccccn2)CCN(c2cccc3ccccc23)C1. The predicted molar refractivity (Wildman–Crippen MR) is 112 cm³/mol. The van der Waals surface area contributed by atoms with Crippen LogP contribution in [0.5, 0.6) is 0 Å². The van der Waals surface area contributed by atoms with E-state index in [2.05, 4.69) is 59.8 Å². The maximum absolute atomic E-state index is 15.1. The van der Waals surface area contributed by atoms with E-state index < -0.39 is 5.67 Å². The van der Waals surface area contributed by atoms with Crippen molar-refractivity contribution >= 4 is 16.5 Å². The summed E-state index contributed by atoms with van der Waals surface area (Å²) in [7, 11) is 0. The van der Waals surface area contributed by atoms with Crippen molar-refractivity contribution in [2.75, 3.05) is 18.0 Å². The lowest BCUT2D eigenvalue weighted by atomic mass is 10.1. The molecule has 4 rings (SSSR count). The van der Waals surface area contributed by atoms with Crippen molar-refractivity contribution in [3.8, 4) is 11.8 Å². The summed E-state index contributed by atoms with van der Waals surface area (Å²) in [6.07, 6.45) is 3.34. The molecule has 2 heterocycles. The van der Waals surface area contributed by atoms with Crippen LogP contribution >= 0.6 is 0 Å². The van der Waals surface area contributed by atoms with E-state index in [4.69, 9.17) is 0 Å². The lowest BCUT2D eigenvalue weighted by molar-refractivity contribution is 0.274. The average molecular weight is 360 g/mol. The van der Waals surface area contributed by atoms with Gasteiger partial charge in [-0.15, -0.1) is 0 Å². The van der Waals surface area contributed by atoms with Crippen molar-refractivity contribution in [2.24, 2.45) is 0 Å². The summed E-state index contributed by atoms with van der Waals surface area (Å²) in [6, 6.07) is 19.9. The van der Waals surface area contributed by atoms with Gasteiger partial charge in [-0.2, -0.15) is 0 Å². The van der Waals surface area contributed by atoms with Crippen LogP contribution in [0.4, 0.5) is 10.1 Å². The first-order valence-electron chi connectivity index (χ1n) is 9.51. The van der Waals surface area contributed by atoms with Gasteiger partial charge in [-0.3, -0.25) is 0 Å². The van der Waals surface area contributed by atoms with Crippen LogP contribution in [-0.4, -0.2) is 23.7 Å². The zero-order chi connectivity index (χ0) is 19.1. The molecule has 1 aliphatic heterocycles. The average Bonchev–Trinajstić information content (AvgIpc) is 3.10.